The molecule has 2 aliphatic rings. The van der Waals surface area contributed by atoms with Gasteiger partial charge in [-0.2, -0.15) is 0 Å². The van der Waals surface area contributed by atoms with E-state index in [1.165, 1.54) is 0 Å². The minimum atomic E-state index is -0.256. The molecule has 0 aliphatic carbocycles. The molecule has 108 valence electrons. The third kappa shape index (κ3) is 2.80. The van der Waals surface area contributed by atoms with E-state index in [1.807, 2.05) is 18.2 Å². The normalized spacial score (nSPS) is 24.4. The summed E-state index contributed by atoms with van der Waals surface area (Å²) < 4.78 is 10.6. The number of ether oxygens (including phenoxy) is 2. The van der Waals surface area contributed by atoms with Gasteiger partial charge in [0.25, 0.3) is 0 Å². The molecule has 0 aromatic heterocycles. The second-order valence-electron chi connectivity index (χ2n) is 5.07. The highest BCUT2D eigenvalue weighted by Gasteiger charge is 2.25. The molecule has 2 unspecified atom stereocenters. The van der Waals surface area contributed by atoms with Crippen LogP contribution in [-0.2, 0) is 4.79 Å². The number of carbonyl (C=O) groups is 1. The molecule has 0 spiro atoms. The van der Waals surface area contributed by atoms with Crippen molar-refractivity contribution in [3.63, 3.8) is 0 Å². The molecule has 0 bridgehead atoms. The summed E-state index contributed by atoms with van der Waals surface area (Å²) in [5, 5.41) is 9.52. The number of amides is 1. The van der Waals surface area contributed by atoms with Crippen molar-refractivity contribution in [1.82, 2.24) is 10.6 Å². The van der Waals surface area contributed by atoms with Gasteiger partial charge in [-0.05, 0) is 18.6 Å². The number of hydrogen-bond donors (Lipinski definition) is 3. The lowest BCUT2D eigenvalue weighted by Crippen LogP contribution is -2.59. The fourth-order valence-corrected chi connectivity index (χ4v) is 2.54. The van der Waals surface area contributed by atoms with Gasteiger partial charge < -0.3 is 20.1 Å². The van der Waals surface area contributed by atoms with Gasteiger partial charge >= 0.3 is 0 Å². The summed E-state index contributed by atoms with van der Waals surface area (Å²) in [7, 11) is 0. The second kappa shape index (κ2) is 5.58. The van der Waals surface area contributed by atoms with Crippen LogP contribution in [0.1, 0.15) is 26.2 Å². The second-order valence-corrected chi connectivity index (χ2v) is 5.07. The molecule has 20 heavy (non-hydrogen) atoms. The summed E-state index contributed by atoms with van der Waals surface area (Å²) in [6.07, 6.45) is 2.33. The Hall–Kier alpha value is -1.95. The van der Waals surface area contributed by atoms with E-state index in [2.05, 4.69) is 22.9 Å². The zero-order valence-corrected chi connectivity index (χ0v) is 11.4. The zero-order valence-electron chi connectivity index (χ0n) is 11.4. The largest absolute Gasteiger partial charge is 0.454 e. The minimum absolute atomic E-state index is 0.0699. The Kier molecular flexibility index (Phi) is 3.64. The van der Waals surface area contributed by atoms with Crippen LogP contribution in [0.15, 0.2) is 18.2 Å². The van der Waals surface area contributed by atoms with Gasteiger partial charge in [-0.1, -0.05) is 13.3 Å². The number of anilines is 1. The molecule has 3 rings (SSSR count). The van der Waals surface area contributed by atoms with Crippen LogP contribution in [-0.4, -0.2) is 25.0 Å². The van der Waals surface area contributed by atoms with E-state index >= 15 is 0 Å². The van der Waals surface area contributed by atoms with Gasteiger partial charge in [-0.3, -0.25) is 10.1 Å². The van der Waals surface area contributed by atoms with Crippen LogP contribution in [0.4, 0.5) is 5.69 Å². The van der Waals surface area contributed by atoms with Crippen LogP contribution in [0, 0.1) is 0 Å². The maximum Gasteiger partial charge on any atom is 0.231 e. The third-order valence-corrected chi connectivity index (χ3v) is 3.46. The number of rotatable bonds is 4. The van der Waals surface area contributed by atoms with Crippen LogP contribution in [0.5, 0.6) is 11.5 Å². The number of fused-ring (bicyclic) bond motifs is 1. The third-order valence-electron chi connectivity index (χ3n) is 3.46. The van der Waals surface area contributed by atoms with E-state index < -0.39 is 0 Å². The molecule has 0 saturated carbocycles. The van der Waals surface area contributed by atoms with E-state index in [4.69, 9.17) is 9.47 Å². The summed E-state index contributed by atoms with van der Waals surface area (Å²) in [5.41, 5.74) is 0.879. The Labute approximate surface area is 117 Å². The van der Waals surface area contributed by atoms with Gasteiger partial charge in [0.15, 0.2) is 17.8 Å². The molecule has 6 nitrogen and oxygen atoms in total. The van der Waals surface area contributed by atoms with Crippen LogP contribution < -0.4 is 25.4 Å². The molecular formula is C14H19N3O3. The van der Waals surface area contributed by atoms with Crippen LogP contribution in [0.25, 0.3) is 0 Å². The zero-order chi connectivity index (χ0) is 13.9. The Morgan fingerprint density at radius 1 is 1.35 bits per heavy atom. The molecule has 1 amide bonds. The van der Waals surface area contributed by atoms with Gasteiger partial charge in [-0.25, -0.2) is 0 Å². The molecule has 1 aromatic rings. The molecule has 2 heterocycles. The van der Waals surface area contributed by atoms with E-state index in [-0.39, 0.29) is 25.0 Å². The minimum Gasteiger partial charge on any atom is -0.454 e. The van der Waals surface area contributed by atoms with Crippen molar-refractivity contribution < 1.29 is 14.3 Å². The smallest absolute Gasteiger partial charge is 0.231 e. The molecule has 3 N–H and O–H groups in total. The van der Waals surface area contributed by atoms with Gasteiger partial charge in [-0.15, -0.1) is 0 Å². The summed E-state index contributed by atoms with van der Waals surface area (Å²) in [4.78, 5) is 11.7. The fourth-order valence-electron chi connectivity index (χ4n) is 2.54. The molecule has 2 atom stereocenters. The van der Waals surface area contributed by atoms with Gasteiger partial charge in [0.2, 0.25) is 12.7 Å². The van der Waals surface area contributed by atoms with Crippen LogP contribution >= 0.6 is 0 Å². The maximum atomic E-state index is 11.7. The molecule has 1 aromatic carbocycles. The van der Waals surface area contributed by atoms with Crippen molar-refractivity contribution in [1.29, 1.82) is 0 Å². The summed E-state index contributed by atoms with van der Waals surface area (Å²) in [6, 6.07) is 5.86. The SMILES string of the molecule is CCCC1CC(=O)NC(Nc2ccc3c(c2)OCO3)N1. The van der Waals surface area contributed by atoms with E-state index in [0.29, 0.717) is 6.42 Å². The maximum absolute atomic E-state index is 11.7. The number of benzene rings is 1. The average molecular weight is 277 g/mol. The Morgan fingerprint density at radius 2 is 2.20 bits per heavy atom. The first kappa shape index (κ1) is 13.1. The lowest BCUT2D eigenvalue weighted by atomic mass is 10.1. The highest BCUT2D eigenvalue weighted by atomic mass is 16.7. The molecule has 6 heteroatoms. The highest BCUT2D eigenvalue weighted by Crippen LogP contribution is 2.34. The first-order chi connectivity index (χ1) is 9.74. The lowest BCUT2D eigenvalue weighted by molar-refractivity contribution is -0.124. The predicted octanol–water partition coefficient (Wildman–Crippen LogP) is 1.39. The topological polar surface area (TPSA) is 71.6 Å². The molecule has 1 fully saturated rings. The first-order valence-corrected chi connectivity index (χ1v) is 6.96. The highest BCUT2D eigenvalue weighted by molar-refractivity contribution is 5.78. The van der Waals surface area contributed by atoms with E-state index in [0.717, 1.165) is 30.0 Å². The molecule has 2 aliphatic heterocycles. The fraction of sp³-hybridized carbons (Fsp3) is 0.500. The lowest BCUT2D eigenvalue weighted by Gasteiger charge is -2.32. The number of nitrogens with one attached hydrogen (secondary N) is 3. The van der Waals surface area contributed by atoms with Gasteiger partial charge in [0, 0.05) is 24.2 Å². The summed E-state index contributed by atoms with van der Waals surface area (Å²) in [5.74, 6) is 1.54. The monoisotopic (exact) mass is 277 g/mol. The quantitative estimate of drug-likeness (QED) is 0.775. The Morgan fingerprint density at radius 3 is 3.05 bits per heavy atom. The van der Waals surface area contributed by atoms with Crippen molar-refractivity contribution in [2.45, 2.75) is 38.5 Å². The van der Waals surface area contributed by atoms with Crippen LogP contribution in [0.2, 0.25) is 0 Å². The molecule has 1 saturated heterocycles. The summed E-state index contributed by atoms with van der Waals surface area (Å²) in [6.45, 7) is 2.38. The van der Waals surface area contributed by atoms with Gasteiger partial charge in [0.1, 0.15) is 0 Å². The number of carbonyl (C=O) groups excluding carboxylic acids is 1. The van der Waals surface area contributed by atoms with Crippen LogP contribution in [0.3, 0.4) is 0 Å². The van der Waals surface area contributed by atoms with E-state index in [9.17, 15) is 4.79 Å². The predicted molar refractivity (Wildman–Crippen MR) is 74.6 cm³/mol. The molecule has 0 radical (unpaired) electrons. The Balaban J connectivity index is 1.66. The standard InChI is InChI=1S/C14H19N3O3/c1-2-3-9-7-13(18)17-14(15-9)16-10-4-5-11-12(6-10)20-8-19-11/h4-6,9,14-16H,2-3,7-8H2,1H3,(H,17,18). The Bertz CT molecular complexity index is 506. The van der Waals surface area contributed by atoms with Gasteiger partial charge in [0.05, 0.1) is 0 Å². The first-order valence-electron chi connectivity index (χ1n) is 6.96. The van der Waals surface area contributed by atoms with E-state index in [1.54, 1.807) is 0 Å². The number of hydrogen-bond acceptors (Lipinski definition) is 5. The molecular weight excluding hydrogens is 258 g/mol. The van der Waals surface area contributed by atoms with Crippen molar-refractivity contribution in [3.05, 3.63) is 18.2 Å². The summed E-state index contributed by atoms with van der Waals surface area (Å²) >= 11 is 0. The van der Waals surface area contributed by atoms with Crippen molar-refractivity contribution >= 4 is 11.6 Å². The van der Waals surface area contributed by atoms with Crippen molar-refractivity contribution in [2.75, 3.05) is 12.1 Å². The van der Waals surface area contributed by atoms with Crippen molar-refractivity contribution in [3.8, 4) is 11.5 Å². The average Bonchev–Trinajstić information content (AvgIpc) is 2.85. The van der Waals surface area contributed by atoms with Crippen molar-refractivity contribution in [2.24, 2.45) is 0 Å².